The first kappa shape index (κ1) is 13.6. The van der Waals surface area contributed by atoms with Gasteiger partial charge in [-0.1, -0.05) is 0 Å². The first-order valence-electron chi connectivity index (χ1n) is 6.76. The zero-order chi connectivity index (χ0) is 15.2. The van der Waals surface area contributed by atoms with Crippen LogP contribution in [0.4, 0.5) is 0 Å². The number of nitriles is 1. The molecule has 1 fully saturated rings. The van der Waals surface area contributed by atoms with Crippen molar-refractivity contribution in [2.24, 2.45) is 16.1 Å². The van der Waals surface area contributed by atoms with Gasteiger partial charge in [-0.05, 0) is 19.4 Å². The zero-order valence-electron chi connectivity index (χ0n) is 12.0. The lowest BCUT2D eigenvalue weighted by Gasteiger charge is -2.35. The van der Waals surface area contributed by atoms with Crippen LogP contribution in [0.15, 0.2) is 27.7 Å². The molecule has 2 N–H and O–H groups in total. The van der Waals surface area contributed by atoms with Crippen LogP contribution in [-0.4, -0.2) is 43.0 Å². The number of ether oxygens (including phenoxy) is 2. The molecule has 0 aliphatic carbocycles. The average Bonchev–Trinajstić information content (AvgIpc) is 2.90. The number of nitrogens with zero attached hydrogens (tertiary/aromatic N) is 3. The molecule has 0 aromatic carbocycles. The molecular formula is C14H16N4O3. The van der Waals surface area contributed by atoms with Crippen molar-refractivity contribution in [2.75, 3.05) is 26.3 Å². The minimum atomic E-state index is -1.28. The van der Waals surface area contributed by atoms with Crippen molar-refractivity contribution in [3.63, 3.8) is 0 Å². The number of allylic oxidation sites excluding steroid dienone is 1. The molecule has 0 radical (unpaired) electrons. The number of hydrogen-bond donors (Lipinski definition) is 1. The summed E-state index contributed by atoms with van der Waals surface area (Å²) in [6, 6.07) is 2.04. The fourth-order valence-corrected chi connectivity index (χ4v) is 3.04. The lowest BCUT2D eigenvalue weighted by molar-refractivity contribution is -0.141. The monoisotopic (exact) mass is 288 g/mol. The third-order valence-electron chi connectivity index (χ3n) is 4.26. The molecule has 3 heterocycles. The van der Waals surface area contributed by atoms with E-state index in [9.17, 15) is 10.1 Å². The predicted molar refractivity (Wildman–Crippen MR) is 73.6 cm³/mol. The van der Waals surface area contributed by atoms with E-state index in [1.807, 2.05) is 11.0 Å². The molecule has 1 atom stereocenters. The van der Waals surface area contributed by atoms with Gasteiger partial charge in [0.15, 0.2) is 5.41 Å². The van der Waals surface area contributed by atoms with Crippen LogP contribution in [0.1, 0.15) is 13.8 Å². The highest BCUT2D eigenvalue weighted by Crippen LogP contribution is 2.49. The van der Waals surface area contributed by atoms with Crippen LogP contribution in [0.2, 0.25) is 0 Å². The van der Waals surface area contributed by atoms with Gasteiger partial charge in [0.05, 0.1) is 13.2 Å². The molecule has 7 heteroatoms. The Hall–Kier alpha value is -2.33. The van der Waals surface area contributed by atoms with Gasteiger partial charge in [0, 0.05) is 13.1 Å². The Kier molecular flexibility index (Phi) is 2.99. The number of carbonyl (C=O) groups is 1. The highest BCUT2D eigenvalue weighted by atomic mass is 16.5. The van der Waals surface area contributed by atoms with E-state index < -0.39 is 11.4 Å². The van der Waals surface area contributed by atoms with Crippen molar-refractivity contribution < 1.29 is 14.3 Å². The molecule has 1 unspecified atom stereocenters. The summed E-state index contributed by atoms with van der Waals surface area (Å²) < 4.78 is 10.6. The van der Waals surface area contributed by atoms with E-state index in [1.165, 1.54) is 0 Å². The Bertz CT molecular complexity index is 650. The number of rotatable bonds is 0. The number of cyclic esters (lactones) is 1. The minimum Gasteiger partial charge on any atom is -0.430 e. The van der Waals surface area contributed by atoms with Crippen molar-refractivity contribution in [3.8, 4) is 6.07 Å². The first-order valence-corrected chi connectivity index (χ1v) is 6.76. The number of esters is 1. The van der Waals surface area contributed by atoms with Gasteiger partial charge in [0.1, 0.15) is 29.1 Å². The maximum absolute atomic E-state index is 12.5. The number of amidine groups is 1. The van der Waals surface area contributed by atoms with Crippen molar-refractivity contribution >= 4 is 11.8 Å². The molecule has 3 aliphatic rings. The average molecular weight is 288 g/mol. The Morgan fingerprint density at radius 2 is 2.05 bits per heavy atom. The molecule has 1 spiro atoms. The van der Waals surface area contributed by atoms with E-state index in [2.05, 4.69) is 4.99 Å². The number of aliphatic imine (C=N–C) groups is 1. The molecule has 0 amide bonds. The van der Waals surface area contributed by atoms with E-state index in [0.29, 0.717) is 43.5 Å². The van der Waals surface area contributed by atoms with E-state index in [4.69, 9.17) is 15.2 Å². The molecule has 3 rings (SSSR count). The van der Waals surface area contributed by atoms with Crippen LogP contribution < -0.4 is 5.73 Å². The smallest absolute Gasteiger partial charge is 0.334 e. The van der Waals surface area contributed by atoms with Crippen molar-refractivity contribution in [1.29, 1.82) is 5.26 Å². The zero-order valence-corrected chi connectivity index (χ0v) is 12.0. The van der Waals surface area contributed by atoms with Gasteiger partial charge < -0.3 is 20.1 Å². The minimum absolute atomic E-state index is 0.0880. The van der Waals surface area contributed by atoms with Crippen LogP contribution in [0.5, 0.6) is 0 Å². The Labute approximate surface area is 122 Å². The highest BCUT2D eigenvalue weighted by Gasteiger charge is 2.60. The summed E-state index contributed by atoms with van der Waals surface area (Å²) in [6.07, 6.45) is 0. The van der Waals surface area contributed by atoms with E-state index in [1.54, 1.807) is 13.8 Å². The summed E-state index contributed by atoms with van der Waals surface area (Å²) in [5.74, 6) is 0.576. The third-order valence-corrected chi connectivity index (χ3v) is 4.26. The van der Waals surface area contributed by atoms with Gasteiger partial charge in [0.25, 0.3) is 0 Å². The molecule has 0 saturated carbocycles. The van der Waals surface area contributed by atoms with Crippen molar-refractivity contribution in [1.82, 2.24) is 4.90 Å². The summed E-state index contributed by atoms with van der Waals surface area (Å²) in [6.45, 7) is 5.80. The molecule has 110 valence electrons. The molecule has 1 saturated heterocycles. The van der Waals surface area contributed by atoms with Crippen molar-refractivity contribution in [3.05, 3.63) is 22.7 Å². The number of hydrogen-bond acceptors (Lipinski definition) is 7. The quantitative estimate of drug-likeness (QED) is 0.642. The highest BCUT2D eigenvalue weighted by molar-refractivity contribution is 6.16. The number of morpholine rings is 1. The number of nitrogens with two attached hydrogens (primary N) is 1. The van der Waals surface area contributed by atoms with Gasteiger partial charge in [0.2, 0.25) is 0 Å². The maximum Gasteiger partial charge on any atom is 0.334 e. The van der Waals surface area contributed by atoms with Gasteiger partial charge in [-0.15, -0.1) is 0 Å². The van der Waals surface area contributed by atoms with Crippen LogP contribution in [0.3, 0.4) is 0 Å². The van der Waals surface area contributed by atoms with Gasteiger partial charge in [-0.25, -0.2) is 9.79 Å². The molecular weight excluding hydrogens is 272 g/mol. The van der Waals surface area contributed by atoms with Crippen LogP contribution in [-0.2, 0) is 14.3 Å². The van der Waals surface area contributed by atoms with E-state index in [0.717, 1.165) is 0 Å². The SMILES string of the molecule is CC1=C(C)C2(C(=O)O1)C(N1CCOCC1)=NC(N)=C2C#N. The summed E-state index contributed by atoms with van der Waals surface area (Å²) in [4.78, 5) is 18.8. The Morgan fingerprint density at radius 1 is 1.38 bits per heavy atom. The molecule has 3 aliphatic heterocycles. The Morgan fingerprint density at radius 3 is 2.57 bits per heavy atom. The molecule has 0 aromatic rings. The fraction of sp³-hybridized carbons (Fsp3) is 0.500. The van der Waals surface area contributed by atoms with Gasteiger partial charge in [-0.2, -0.15) is 5.26 Å². The van der Waals surface area contributed by atoms with E-state index in [-0.39, 0.29) is 11.4 Å². The molecule has 0 aromatic heterocycles. The second-order valence-electron chi connectivity index (χ2n) is 5.23. The fourth-order valence-electron chi connectivity index (χ4n) is 3.04. The van der Waals surface area contributed by atoms with Gasteiger partial charge in [-0.3, -0.25) is 0 Å². The number of carbonyl (C=O) groups excluding carboxylic acids is 1. The normalized spacial score (nSPS) is 29.1. The van der Waals surface area contributed by atoms with E-state index >= 15 is 0 Å². The second kappa shape index (κ2) is 4.60. The molecule has 7 nitrogen and oxygen atoms in total. The summed E-state index contributed by atoms with van der Waals surface area (Å²) in [5, 5.41) is 9.47. The topological polar surface area (TPSA) is 101 Å². The largest absolute Gasteiger partial charge is 0.430 e. The van der Waals surface area contributed by atoms with Gasteiger partial charge >= 0.3 is 5.97 Å². The summed E-state index contributed by atoms with van der Waals surface area (Å²) >= 11 is 0. The summed E-state index contributed by atoms with van der Waals surface area (Å²) in [5.41, 5.74) is 5.45. The van der Waals surface area contributed by atoms with Crippen LogP contribution in [0.25, 0.3) is 0 Å². The predicted octanol–water partition coefficient (Wildman–Crippen LogP) is 0.262. The molecule has 0 bridgehead atoms. The Balaban J connectivity index is 2.16. The standard InChI is InChI=1S/C14H16N4O3/c1-8-9(2)21-13(19)14(8)10(7-15)11(16)17-12(14)18-3-5-20-6-4-18/h3-6,16H2,1-2H3. The van der Waals surface area contributed by atoms with Crippen LogP contribution in [0, 0.1) is 16.7 Å². The van der Waals surface area contributed by atoms with Crippen LogP contribution >= 0.6 is 0 Å². The lowest BCUT2D eigenvalue weighted by atomic mass is 9.74. The first-order chi connectivity index (χ1) is 10.0. The summed E-state index contributed by atoms with van der Waals surface area (Å²) in [7, 11) is 0. The third kappa shape index (κ3) is 1.63. The lowest BCUT2D eigenvalue weighted by Crippen LogP contribution is -2.51. The van der Waals surface area contributed by atoms with Crippen molar-refractivity contribution in [2.45, 2.75) is 13.8 Å². The maximum atomic E-state index is 12.5. The molecule has 21 heavy (non-hydrogen) atoms. The second-order valence-corrected chi connectivity index (χ2v) is 5.23.